The average Bonchev–Trinajstić information content (AvgIpc) is 3.04. The molecule has 0 saturated heterocycles. The highest BCUT2D eigenvalue weighted by molar-refractivity contribution is 9.10. The van der Waals surface area contributed by atoms with Crippen LogP contribution in [-0.4, -0.2) is 21.7 Å². The van der Waals surface area contributed by atoms with Gasteiger partial charge in [0.15, 0.2) is 0 Å². The summed E-state index contributed by atoms with van der Waals surface area (Å²) >= 11 is 3.44. The molecule has 8 heteroatoms. The lowest BCUT2D eigenvalue weighted by Crippen LogP contribution is -2.32. The number of carbonyl (C=O) groups excluding carboxylic acids is 1. The zero-order chi connectivity index (χ0) is 21.5. The van der Waals surface area contributed by atoms with Crippen LogP contribution < -0.4 is 10.9 Å². The molecule has 4 aromatic rings. The molecule has 30 heavy (non-hydrogen) atoms. The molecule has 2 aromatic heterocycles. The van der Waals surface area contributed by atoms with Crippen molar-refractivity contribution in [2.45, 2.75) is 32.9 Å². The van der Waals surface area contributed by atoms with Gasteiger partial charge in [-0.2, -0.15) is 0 Å². The minimum atomic E-state index is -0.545. The van der Waals surface area contributed by atoms with Crippen molar-refractivity contribution in [1.82, 2.24) is 15.3 Å². The largest absolute Gasteiger partial charge is 0.449 e. The molecule has 1 amide bonds. The quantitative estimate of drug-likeness (QED) is 0.433. The Kier molecular flexibility index (Phi) is 5.11. The van der Waals surface area contributed by atoms with Crippen molar-refractivity contribution in [3.63, 3.8) is 0 Å². The predicted octanol–water partition coefficient (Wildman–Crippen LogP) is 5.12. The number of H-pyrrole nitrogens is 1. The van der Waals surface area contributed by atoms with E-state index in [4.69, 9.17) is 9.15 Å². The lowest BCUT2D eigenvalue weighted by atomic mass is 10.1. The SMILES string of the molecule is CC(C)(C)OC(=O)NCc1ccc(-c2nc3c(oc4ccc(Br)cc43)c(=O)[nH]2)cc1. The lowest BCUT2D eigenvalue weighted by Gasteiger charge is -2.19. The molecular weight excluding hydrogens is 450 g/mol. The summed E-state index contributed by atoms with van der Waals surface area (Å²) in [5, 5.41) is 3.49. The Morgan fingerprint density at radius 2 is 1.93 bits per heavy atom. The molecule has 2 heterocycles. The Bertz CT molecular complexity index is 1300. The number of fused-ring (bicyclic) bond motifs is 3. The number of carbonyl (C=O) groups is 1. The van der Waals surface area contributed by atoms with Crippen LogP contribution in [0.3, 0.4) is 0 Å². The number of halogens is 1. The second-order valence-corrected chi connectivity index (χ2v) is 8.80. The van der Waals surface area contributed by atoms with Crippen molar-refractivity contribution < 1.29 is 13.9 Å². The Morgan fingerprint density at radius 3 is 2.63 bits per heavy atom. The van der Waals surface area contributed by atoms with Gasteiger partial charge in [-0.15, -0.1) is 0 Å². The molecule has 0 unspecified atom stereocenters. The van der Waals surface area contributed by atoms with Crippen LogP contribution in [0, 0.1) is 0 Å². The molecule has 2 N–H and O–H groups in total. The van der Waals surface area contributed by atoms with Gasteiger partial charge in [0.05, 0.1) is 0 Å². The van der Waals surface area contributed by atoms with Crippen LogP contribution in [-0.2, 0) is 11.3 Å². The maximum atomic E-state index is 12.5. The van der Waals surface area contributed by atoms with Crippen molar-refractivity contribution in [2.75, 3.05) is 0 Å². The number of aromatic nitrogens is 2. The molecule has 0 radical (unpaired) electrons. The molecule has 0 bridgehead atoms. The van der Waals surface area contributed by atoms with Crippen LogP contribution >= 0.6 is 15.9 Å². The van der Waals surface area contributed by atoms with Crippen LogP contribution in [0.2, 0.25) is 0 Å². The highest BCUT2D eigenvalue weighted by atomic mass is 79.9. The fraction of sp³-hybridized carbons (Fsp3) is 0.227. The highest BCUT2D eigenvalue weighted by Crippen LogP contribution is 2.29. The monoisotopic (exact) mass is 469 g/mol. The summed E-state index contributed by atoms with van der Waals surface area (Å²) < 4.78 is 11.8. The number of ether oxygens (including phenoxy) is 1. The van der Waals surface area contributed by atoms with Crippen LogP contribution in [0.25, 0.3) is 33.5 Å². The minimum Gasteiger partial charge on any atom is -0.449 e. The van der Waals surface area contributed by atoms with Gasteiger partial charge in [0, 0.05) is 22.0 Å². The first-order chi connectivity index (χ1) is 14.2. The van der Waals surface area contributed by atoms with E-state index in [-0.39, 0.29) is 11.1 Å². The number of furan rings is 1. The number of aromatic amines is 1. The van der Waals surface area contributed by atoms with E-state index in [9.17, 15) is 9.59 Å². The van der Waals surface area contributed by atoms with Crippen LogP contribution in [0.4, 0.5) is 4.79 Å². The number of alkyl carbamates (subject to hydrolysis) is 1. The summed E-state index contributed by atoms with van der Waals surface area (Å²) in [6, 6.07) is 12.9. The average molecular weight is 470 g/mol. The predicted molar refractivity (Wildman–Crippen MR) is 118 cm³/mol. The van der Waals surface area contributed by atoms with E-state index < -0.39 is 11.7 Å². The molecule has 0 saturated carbocycles. The Hall–Kier alpha value is -3.13. The number of rotatable bonds is 3. The van der Waals surface area contributed by atoms with Crippen LogP contribution in [0.5, 0.6) is 0 Å². The van der Waals surface area contributed by atoms with Gasteiger partial charge >= 0.3 is 6.09 Å². The van der Waals surface area contributed by atoms with E-state index in [2.05, 4.69) is 31.2 Å². The van der Waals surface area contributed by atoms with Gasteiger partial charge in [0.2, 0.25) is 5.58 Å². The third-order valence-corrected chi connectivity index (χ3v) is 4.84. The second-order valence-electron chi connectivity index (χ2n) is 7.89. The van der Waals surface area contributed by atoms with E-state index in [0.717, 1.165) is 21.0 Å². The summed E-state index contributed by atoms with van der Waals surface area (Å²) in [6.45, 7) is 5.77. The maximum absolute atomic E-state index is 12.5. The molecule has 154 valence electrons. The number of hydrogen-bond donors (Lipinski definition) is 2. The topological polar surface area (TPSA) is 97.2 Å². The molecule has 0 aliphatic carbocycles. The van der Waals surface area contributed by atoms with Crippen molar-refractivity contribution in [1.29, 1.82) is 0 Å². The second kappa shape index (κ2) is 7.60. The van der Waals surface area contributed by atoms with E-state index in [1.54, 1.807) is 6.07 Å². The summed E-state index contributed by atoms with van der Waals surface area (Å²) in [4.78, 5) is 31.7. The first-order valence-electron chi connectivity index (χ1n) is 9.38. The van der Waals surface area contributed by atoms with Gasteiger partial charge in [-0.25, -0.2) is 9.78 Å². The number of amides is 1. The van der Waals surface area contributed by atoms with Gasteiger partial charge in [-0.1, -0.05) is 40.2 Å². The smallest absolute Gasteiger partial charge is 0.407 e. The summed E-state index contributed by atoms with van der Waals surface area (Å²) in [5.74, 6) is 0.446. The fourth-order valence-corrected chi connectivity index (χ4v) is 3.39. The molecule has 0 aliphatic heterocycles. The van der Waals surface area contributed by atoms with E-state index in [1.165, 1.54) is 0 Å². The Balaban J connectivity index is 1.60. The molecule has 0 spiro atoms. The van der Waals surface area contributed by atoms with Gasteiger partial charge in [-0.3, -0.25) is 4.79 Å². The van der Waals surface area contributed by atoms with Gasteiger partial charge in [0.25, 0.3) is 5.56 Å². The zero-order valence-corrected chi connectivity index (χ0v) is 18.3. The van der Waals surface area contributed by atoms with Gasteiger partial charge in [-0.05, 0) is 44.5 Å². The van der Waals surface area contributed by atoms with E-state index in [1.807, 2.05) is 57.2 Å². The van der Waals surface area contributed by atoms with Crippen LogP contribution in [0.1, 0.15) is 26.3 Å². The van der Waals surface area contributed by atoms with Crippen molar-refractivity contribution in [3.8, 4) is 11.4 Å². The fourth-order valence-electron chi connectivity index (χ4n) is 3.03. The molecule has 7 nitrogen and oxygen atoms in total. The summed E-state index contributed by atoms with van der Waals surface area (Å²) in [7, 11) is 0. The summed E-state index contributed by atoms with van der Waals surface area (Å²) in [5.41, 5.74) is 2.08. The summed E-state index contributed by atoms with van der Waals surface area (Å²) in [6.07, 6.45) is -0.471. The van der Waals surface area contributed by atoms with E-state index in [0.29, 0.717) is 23.5 Å². The van der Waals surface area contributed by atoms with Gasteiger partial charge < -0.3 is 19.5 Å². The third-order valence-electron chi connectivity index (χ3n) is 4.35. The molecule has 2 aromatic carbocycles. The Labute approximate surface area is 180 Å². The highest BCUT2D eigenvalue weighted by Gasteiger charge is 2.16. The molecular formula is C22H20BrN3O4. The standard InChI is InChI=1S/C22H20BrN3O4/c1-22(2,3)30-21(28)24-11-12-4-6-13(7-5-12)19-25-17-15-10-14(23)8-9-16(15)29-18(17)20(27)26-19/h4-10H,11H2,1-3H3,(H,24,28)(H,25,26,27). The van der Waals surface area contributed by atoms with Crippen molar-refractivity contribution >= 4 is 44.1 Å². The van der Waals surface area contributed by atoms with Crippen molar-refractivity contribution in [2.24, 2.45) is 0 Å². The number of nitrogens with one attached hydrogen (secondary N) is 2. The lowest BCUT2D eigenvalue weighted by molar-refractivity contribution is 0.0523. The molecule has 0 atom stereocenters. The molecule has 0 fully saturated rings. The zero-order valence-electron chi connectivity index (χ0n) is 16.7. The number of benzene rings is 2. The molecule has 4 rings (SSSR count). The number of hydrogen-bond acceptors (Lipinski definition) is 5. The first kappa shape index (κ1) is 20.2. The minimum absolute atomic E-state index is 0.199. The normalized spacial score (nSPS) is 11.7. The van der Waals surface area contributed by atoms with E-state index >= 15 is 0 Å². The Morgan fingerprint density at radius 1 is 1.20 bits per heavy atom. The third kappa shape index (κ3) is 4.23. The van der Waals surface area contributed by atoms with Gasteiger partial charge in [0.1, 0.15) is 22.5 Å². The first-order valence-corrected chi connectivity index (χ1v) is 10.2. The van der Waals surface area contributed by atoms with Crippen molar-refractivity contribution in [3.05, 3.63) is 62.9 Å². The van der Waals surface area contributed by atoms with Crippen LogP contribution in [0.15, 0.2) is 56.1 Å². The maximum Gasteiger partial charge on any atom is 0.407 e. The molecule has 0 aliphatic rings. The number of nitrogens with zero attached hydrogens (tertiary/aromatic N) is 1.